The molecule has 3 aromatic heterocycles. The van der Waals surface area contributed by atoms with E-state index < -0.39 is 10.0 Å². The number of nitrogens with zero attached hydrogens (tertiary/aromatic N) is 5. The van der Waals surface area contributed by atoms with Gasteiger partial charge in [-0.05, 0) is 31.2 Å². The van der Waals surface area contributed by atoms with E-state index in [0.717, 1.165) is 21.0 Å². The quantitative estimate of drug-likeness (QED) is 0.370. The van der Waals surface area contributed by atoms with E-state index in [9.17, 15) is 8.42 Å². The Morgan fingerprint density at radius 1 is 1.00 bits per heavy atom. The van der Waals surface area contributed by atoms with E-state index in [-0.39, 0.29) is 11.6 Å². The zero-order valence-electron chi connectivity index (χ0n) is 18.6. The molecule has 34 heavy (non-hydrogen) atoms. The van der Waals surface area contributed by atoms with Gasteiger partial charge in [0.15, 0.2) is 10.7 Å². The van der Waals surface area contributed by atoms with E-state index in [2.05, 4.69) is 9.71 Å². The fourth-order valence-corrected chi connectivity index (χ4v) is 5.25. The maximum atomic E-state index is 12.8. The van der Waals surface area contributed by atoms with Crippen molar-refractivity contribution in [2.24, 2.45) is 7.05 Å². The number of aromatic nitrogens is 5. The van der Waals surface area contributed by atoms with Crippen molar-refractivity contribution < 1.29 is 8.42 Å². The maximum absolute atomic E-state index is 12.8. The van der Waals surface area contributed by atoms with Crippen molar-refractivity contribution in [2.75, 3.05) is 0 Å². The molecule has 5 rings (SSSR count). The van der Waals surface area contributed by atoms with Crippen molar-refractivity contribution >= 4 is 27.4 Å². The molecule has 2 aromatic carbocycles. The molecule has 0 bridgehead atoms. The van der Waals surface area contributed by atoms with Crippen molar-refractivity contribution in [1.29, 1.82) is 0 Å². The largest absolute Gasteiger partial charge is 0.339 e. The SMILES string of the molecule is Cc1ccc(-c2nc3ccc(Sc4ccccc4)nn3c2CNS(=O)(=O)c2cn(C)cn2)cc1. The highest BCUT2D eigenvalue weighted by Gasteiger charge is 2.21. The van der Waals surface area contributed by atoms with Gasteiger partial charge in [0, 0.05) is 23.7 Å². The minimum absolute atomic E-state index is 0.00966. The number of nitrogens with one attached hydrogen (secondary N) is 1. The number of hydrogen-bond acceptors (Lipinski definition) is 6. The average molecular weight is 491 g/mol. The molecule has 0 unspecified atom stereocenters. The van der Waals surface area contributed by atoms with Crippen LogP contribution in [0.2, 0.25) is 0 Å². The molecule has 0 aliphatic carbocycles. The van der Waals surface area contributed by atoms with Crippen molar-refractivity contribution in [3.63, 3.8) is 0 Å². The first-order chi connectivity index (χ1) is 16.4. The smallest absolute Gasteiger partial charge is 0.259 e. The van der Waals surface area contributed by atoms with Gasteiger partial charge >= 0.3 is 0 Å². The molecule has 0 saturated carbocycles. The summed E-state index contributed by atoms with van der Waals surface area (Å²) in [6.07, 6.45) is 2.92. The molecule has 0 amide bonds. The summed E-state index contributed by atoms with van der Waals surface area (Å²) >= 11 is 1.53. The number of aryl methyl sites for hydroxylation is 2. The summed E-state index contributed by atoms with van der Waals surface area (Å²) in [6, 6.07) is 21.7. The predicted molar refractivity (Wildman–Crippen MR) is 131 cm³/mol. The molecule has 5 aromatic rings. The topological polar surface area (TPSA) is 94.2 Å². The Morgan fingerprint density at radius 3 is 2.47 bits per heavy atom. The molecule has 0 saturated heterocycles. The molecule has 0 atom stereocenters. The minimum atomic E-state index is -3.80. The van der Waals surface area contributed by atoms with Crippen molar-refractivity contribution in [3.8, 4) is 11.3 Å². The van der Waals surface area contributed by atoms with Gasteiger partial charge < -0.3 is 4.57 Å². The minimum Gasteiger partial charge on any atom is -0.339 e. The van der Waals surface area contributed by atoms with E-state index in [1.54, 1.807) is 16.1 Å². The van der Waals surface area contributed by atoms with Crippen LogP contribution in [0, 0.1) is 6.92 Å². The first-order valence-electron chi connectivity index (χ1n) is 10.6. The second-order valence-corrected chi connectivity index (χ2v) is 10.6. The van der Waals surface area contributed by atoms with Crippen molar-refractivity contribution in [2.45, 2.75) is 28.4 Å². The standard InChI is InChI=1S/C24H22N6O2S2/c1-17-8-10-18(11-9-17)24-20(14-26-34(31,32)23-15-29(2)16-25-23)30-21(27-24)12-13-22(28-30)33-19-6-4-3-5-7-19/h3-13,15-16,26H,14H2,1-2H3. The molecular weight excluding hydrogens is 468 g/mol. The van der Waals surface area contributed by atoms with E-state index >= 15 is 0 Å². The molecule has 0 aliphatic rings. The summed E-state index contributed by atoms with van der Waals surface area (Å²) in [4.78, 5) is 9.81. The molecule has 0 fully saturated rings. The zero-order chi connectivity index (χ0) is 23.7. The number of fused-ring (bicyclic) bond motifs is 1. The normalized spacial score (nSPS) is 11.8. The second-order valence-electron chi connectivity index (χ2n) is 7.83. The van der Waals surface area contributed by atoms with E-state index in [1.165, 1.54) is 24.3 Å². The Hall–Kier alpha value is -3.47. The monoisotopic (exact) mass is 490 g/mol. The van der Waals surface area contributed by atoms with Crippen LogP contribution in [0.1, 0.15) is 11.3 Å². The van der Waals surface area contributed by atoms with Gasteiger partial charge in [0.1, 0.15) is 5.03 Å². The summed E-state index contributed by atoms with van der Waals surface area (Å²) in [7, 11) is -2.08. The number of benzene rings is 2. The Labute approximate surface area is 201 Å². The molecule has 0 radical (unpaired) electrons. The van der Waals surface area contributed by atoms with Crippen LogP contribution in [0.3, 0.4) is 0 Å². The van der Waals surface area contributed by atoms with Crippen LogP contribution in [0.15, 0.2) is 94.2 Å². The highest BCUT2D eigenvalue weighted by Crippen LogP contribution is 2.29. The zero-order valence-corrected chi connectivity index (χ0v) is 20.2. The van der Waals surface area contributed by atoms with Crippen molar-refractivity contribution in [1.82, 2.24) is 28.9 Å². The summed E-state index contributed by atoms with van der Waals surface area (Å²) in [5.74, 6) is 0. The van der Waals surface area contributed by atoms with Gasteiger partial charge in [0.25, 0.3) is 10.0 Å². The fourth-order valence-electron chi connectivity index (χ4n) is 3.49. The molecule has 0 spiro atoms. The lowest BCUT2D eigenvalue weighted by Crippen LogP contribution is -2.25. The van der Waals surface area contributed by atoms with Crippen LogP contribution in [0.25, 0.3) is 16.9 Å². The summed E-state index contributed by atoms with van der Waals surface area (Å²) in [5.41, 5.74) is 3.98. The first kappa shape index (κ1) is 22.3. The third-order valence-corrected chi connectivity index (χ3v) is 7.44. The van der Waals surface area contributed by atoms with Crippen LogP contribution >= 0.6 is 11.8 Å². The summed E-state index contributed by atoms with van der Waals surface area (Å²) in [5, 5.41) is 5.52. The Balaban J connectivity index is 1.56. The lowest BCUT2D eigenvalue weighted by atomic mass is 10.1. The van der Waals surface area contributed by atoms with Gasteiger partial charge in [-0.15, -0.1) is 0 Å². The third-order valence-electron chi connectivity index (χ3n) is 5.22. The van der Waals surface area contributed by atoms with Gasteiger partial charge in [0.05, 0.1) is 24.3 Å². The highest BCUT2D eigenvalue weighted by molar-refractivity contribution is 7.99. The van der Waals surface area contributed by atoms with Gasteiger partial charge in [0.2, 0.25) is 0 Å². The molecule has 0 aliphatic heterocycles. The van der Waals surface area contributed by atoms with Crippen LogP contribution in [-0.4, -0.2) is 32.6 Å². The molecule has 172 valence electrons. The molecule has 1 N–H and O–H groups in total. The molecular formula is C24H22N6O2S2. The Kier molecular flexibility index (Phi) is 5.94. The summed E-state index contributed by atoms with van der Waals surface area (Å²) in [6.45, 7) is 2.03. The lowest BCUT2D eigenvalue weighted by Gasteiger charge is -2.08. The lowest BCUT2D eigenvalue weighted by molar-refractivity contribution is 0.576. The molecule has 8 nitrogen and oxygen atoms in total. The van der Waals surface area contributed by atoms with Gasteiger partial charge in [-0.2, -0.15) is 5.10 Å². The van der Waals surface area contributed by atoms with Crippen LogP contribution in [-0.2, 0) is 23.6 Å². The second kappa shape index (κ2) is 9.05. The van der Waals surface area contributed by atoms with Crippen molar-refractivity contribution in [3.05, 3.63) is 90.5 Å². The van der Waals surface area contributed by atoms with Crippen LogP contribution in [0.4, 0.5) is 0 Å². The van der Waals surface area contributed by atoms with Gasteiger partial charge in [-0.1, -0.05) is 59.8 Å². The van der Waals surface area contributed by atoms with Crippen LogP contribution in [0.5, 0.6) is 0 Å². The maximum Gasteiger partial charge on any atom is 0.259 e. The van der Waals surface area contributed by atoms with Crippen LogP contribution < -0.4 is 4.72 Å². The number of sulfonamides is 1. The predicted octanol–water partition coefficient (Wildman–Crippen LogP) is 4.07. The number of hydrogen-bond donors (Lipinski definition) is 1. The third kappa shape index (κ3) is 4.60. The fraction of sp³-hybridized carbons (Fsp3) is 0.125. The average Bonchev–Trinajstić information content (AvgIpc) is 3.43. The molecule has 3 heterocycles. The number of rotatable bonds is 7. The van der Waals surface area contributed by atoms with Gasteiger partial charge in [-0.25, -0.2) is 27.6 Å². The first-order valence-corrected chi connectivity index (χ1v) is 12.9. The molecule has 10 heteroatoms. The number of imidazole rings is 2. The van der Waals surface area contributed by atoms with E-state index in [0.29, 0.717) is 17.0 Å². The van der Waals surface area contributed by atoms with E-state index in [4.69, 9.17) is 10.1 Å². The Morgan fingerprint density at radius 2 is 1.76 bits per heavy atom. The van der Waals surface area contributed by atoms with E-state index in [1.807, 2.05) is 73.7 Å². The van der Waals surface area contributed by atoms with Gasteiger partial charge in [-0.3, -0.25) is 0 Å². The summed E-state index contributed by atoms with van der Waals surface area (Å²) < 4.78 is 31.6. The highest BCUT2D eigenvalue weighted by atomic mass is 32.2. The Bertz CT molecular complexity index is 1560.